The van der Waals surface area contributed by atoms with Gasteiger partial charge in [0, 0.05) is 5.56 Å². The van der Waals surface area contributed by atoms with Gasteiger partial charge in [-0.3, -0.25) is 9.59 Å². The molecule has 0 unspecified atom stereocenters. The minimum Gasteiger partial charge on any atom is -0.394 e. The van der Waals surface area contributed by atoms with Gasteiger partial charge in [0.25, 0.3) is 11.8 Å². The highest BCUT2D eigenvalue weighted by Crippen LogP contribution is 2.17. The number of benzene rings is 2. The lowest BCUT2D eigenvalue weighted by atomic mass is 10.0. The summed E-state index contributed by atoms with van der Waals surface area (Å²) in [7, 11) is 0. The molecule has 2 aromatic carbocycles. The van der Waals surface area contributed by atoms with E-state index in [-0.39, 0.29) is 5.56 Å². The molecule has 5 N–H and O–H groups in total. The third kappa shape index (κ3) is 3.95. The number of aliphatic hydroxyl groups excluding tert-OH is 2. The molecule has 0 aliphatic heterocycles. The second-order valence-electron chi connectivity index (χ2n) is 5.18. The van der Waals surface area contributed by atoms with Crippen LogP contribution >= 0.6 is 0 Å². The SMILES string of the molecule is NC(=O)c1cc(C(=O)N[C@H](CO)[C@@H](O)c2ccccc2)ccc1F. The minimum atomic E-state index is -1.13. The number of halogens is 1. The molecule has 2 aromatic rings. The van der Waals surface area contributed by atoms with Gasteiger partial charge in [0.15, 0.2) is 0 Å². The molecule has 0 saturated heterocycles. The summed E-state index contributed by atoms with van der Waals surface area (Å²) in [6.07, 6.45) is -1.13. The minimum absolute atomic E-state index is 0.0103. The van der Waals surface area contributed by atoms with E-state index in [0.29, 0.717) is 5.56 Å². The van der Waals surface area contributed by atoms with Crippen LogP contribution in [0.25, 0.3) is 0 Å². The molecule has 0 aliphatic carbocycles. The van der Waals surface area contributed by atoms with Crippen LogP contribution in [0.5, 0.6) is 0 Å². The van der Waals surface area contributed by atoms with Crippen molar-refractivity contribution in [1.29, 1.82) is 0 Å². The van der Waals surface area contributed by atoms with Gasteiger partial charge < -0.3 is 21.3 Å². The second kappa shape index (κ2) is 7.67. The number of primary amides is 1. The van der Waals surface area contributed by atoms with E-state index < -0.39 is 41.9 Å². The predicted molar refractivity (Wildman–Crippen MR) is 84.7 cm³/mol. The fraction of sp³-hybridized carbons (Fsp3) is 0.176. The first kappa shape index (κ1) is 17.6. The zero-order valence-electron chi connectivity index (χ0n) is 12.6. The Hall–Kier alpha value is -2.77. The summed E-state index contributed by atoms with van der Waals surface area (Å²) in [6, 6.07) is 10.7. The summed E-state index contributed by atoms with van der Waals surface area (Å²) in [4.78, 5) is 23.4. The molecule has 0 fully saturated rings. The number of carbonyl (C=O) groups is 2. The normalized spacial score (nSPS) is 13.1. The summed E-state index contributed by atoms with van der Waals surface area (Å²) in [6.45, 7) is -0.508. The Balaban J connectivity index is 2.18. The first-order valence-corrected chi connectivity index (χ1v) is 7.18. The maximum atomic E-state index is 13.4. The topological polar surface area (TPSA) is 113 Å². The maximum Gasteiger partial charge on any atom is 0.251 e. The number of nitrogens with two attached hydrogens (primary N) is 1. The van der Waals surface area contributed by atoms with Crippen molar-refractivity contribution in [3.63, 3.8) is 0 Å². The number of rotatable bonds is 6. The molecule has 126 valence electrons. The summed E-state index contributed by atoms with van der Waals surface area (Å²) < 4.78 is 13.4. The van der Waals surface area contributed by atoms with Crippen LogP contribution in [0.4, 0.5) is 4.39 Å². The molecular weight excluding hydrogens is 315 g/mol. The van der Waals surface area contributed by atoms with Crippen molar-refractivity contribution in [2.75, 3.05) is 6.61 Å². The number of carbonyl (C=O) groups excluding carboxylic acids is 2. The van der Waals surface area contributed by atoms with Crippen molar-refractivity contribution in [2.45, 2.75) is 12.1 Å². The molecule has 0 spiro atoms. The standard InChI is InChI=1S/C17H17FN2O4/c18-13-7-6-11(8-12(13)16(19)23)17(24)20-14(9-21)15(22)10-4-2-1-3-5-10/h1-8,14-15,21-22H,9H2,(H2,19,23)(H,20,24)/t14-,15+/m1/s1. The number of nitrogens with one attached hydrogen (secondary N) is 1. The Kier molecular flexibility index (Phi) is 5.62. The smallest absolute Gasteiger partial charge is 0.251 e. The molecule has 2 rings (SSSR count). The van der Waals surface area contributed by atoms with Crippen molar-refractivity contribution in [1.82, 2.24) is 5.32 Å². The molecule has 7 heteroatoms. The zero-order chi connectivity index (χ0) is 17.7. The number of hydrogen-bond acceptors (Lipinski definition) is 4. The number of amides is 2. The van der Waals surface area contributed by atoms with E-state index >= 15 is 0 Å². The molecule has 0 heterocycles. The van der Waals surface area contributed by atoms with Crippen LogP contribution in [0.15, 0.2) is 48.5 Å². The van der Waals surface area contributed by atoms with Gasteiger partial charge in [-0.1, -0.05) is 30.3 Å². The molecular formula is C17H17FN2O4. The molecule has 2 atom stereocenters. The fourth-order valence-corrected chi connectivity index (χ4v) is 2.21. The Bertz CT molecular complexity index is 737. The summed E-state index contributed by atoms with van der Waals surface area (Å²) in [5.74, 6) is -2.50. The zero-order valence-corrected chi connectivity index (χ0v) is 12.6. The molecule has 0 bridgehead atoms. The molecule has 0 aliphatic rings. The quantitative estimate of drug-likeness (QED) is 0.625. The van der Waals surface area contributed by atoms with Gasteiger partial charge in [-0.05, 0) is 23.8 Å². The van der Waals surface area contributed by atoms with E-state index in [1.807, 2.05) is 0 Å². The summed E-state index contributed by atoms with van der Waals surface area (Å²) >= 11 is 0. The van der Waals surface area contributed by atoms with E-state index in [2.05, 4.69) is 5.32 Å². The van der Waals surface area contributed by atoms with Gasteiger partial charge in [-0.15, -0.1) is 0 Å². The van der Waals surface area contributed by atoms with Gasteiger partial charge >= 0.3 is 0 Å². The van der Waals surface area contributed by atoms with E-state index in [0.717, 1.165) is 12.1 Å². The first-order chi connectivity index (χ1) is 11.4. The van der Waals surface area contributed by atoms with Crippen LogP contribution in [0.3, 0.4) is 0 Å². The van der Waals surface area contributed by atoms with Crippen LogP contribution in [0.1, 0.15) is 32.4 Å². The number of hydrogen-bond donors (Lipinski definition) is 4. The van der Waals surface area contributed by atoms with Crippen molar-refractivity contribution >= 4 is 11.8 Å². The van der Waals surface area contributed by atoms with Gasteiger partial charge in [0.2, 0.25) is 0 Å². The monoisotopic (exact) mass is 332 g/mol. The van der Waals surface area contributed by atoms with Crippen LogP contribution in [-0.2, 0) is 0 Å². The lowest BCUT2D eigenvalue weighted by Crippen LogP contribution is -2.42. The van der Waals surface area contributed by atoms with Crippen molar-refractivity contribution in [2.24, 2.45) is 5.73 Å². The summed E-state index contributed by atoms with van der Waals surface area (Å²) in [5.41, 5.74) is 5.15. The second-order valence-corrected chi connectivity index (χ2v) is 5.18. The Morgan fingerprint density at radius 3 is 2.42 bits per heavy atom. The Morgan fingerprint density at radius 1 is 1.17 bits per heavy atom. The van der Waals surface area contributed by atoms with Crippen molar-refractivity contribution in [3.8, 4) is 0 Å². The van der Waals surface area contributed by atoms with E-state index in [4.69, 9.17) is 5.73 Å². The summed E-state index contributed by atoms with van der Waals surface area (Å²) in [5, 5.41) is 22.1. The third-order valence-corrected chi connectivity index (χ3v) is 3.53. The first-order valence-electron chi connectivity index (χ1n) is 7.18. The lowest BCUT2D eigenvalue weighted by molar-refractivity contribution is 0.0703. The Morgan fingerprint density at radius 2 is 1.83 bits per heavy atom. The average molecular weight is 332 g/mol. The van der Waals surface area contributed by atoms with Crippen LogP contribution in [-0.4, -0.2) is 34.7 Å². The highest BCUT2D eigenvalue weighted by molar-refractivity contribution is 5.99. The molecule has 2 amide bonds. The van der Waals surface area contributed by atoms with Gasteiger partial charge in [0.05, 0.1) is 18.2 Å². The molecule has 0 saturated carbocycles. The van der Waals surface area contributed by atoms with Crippen LogP contribution in [0, 0.1) is 5.82 Å². The largest absolute Gasteiger partial charge is 0.394 e. The fourth-order valence-electron chi connectivity index (χ4n) is 2.21. The lowest BCUT2D eigenvalue weighted by Gasteiger charge is -2.22. The van der Waals surface area contributed by atoms with Gasteiger partial charge in [-0.25, -0.2) is 4.39 Å². The molecule has 6 nitrogen and oxygen atoms in total. The van der Waals surface area contributed by atoms with Gasteiger partial charge in [0.1, 0.15) is 11.9 Å². The van der Waals surface area contributed by atoms with E-state index in [1.165, 1.54) is 6.07 Å². The molecule has 24 heavy (non-hydrogen) atoms. The highest BCUT2D eigenvalue weighted by atomic mass is 19.1. The molecule has 0 radical (unpaired) electrons. The van der Waals surface area contributed by atoms with Gasteiger partial charge in [-0.2, -0.15) is 0 Å². The van der Waals surface area contributed by atoms with Crippen LogP contribution in [0.2, 0.25) is 0 Å². The third-order valence-electron chi connectivity index (χ3n) is 3.53. The molecule has 0 aromatic heterocycles. The predicted octanol–water partition coefficient (Wildman–Crippen LogP) is 0.749. The average Bonchev–Trinajstić information content (AvgIpc) is 2.59. The Labute approximate surface area is 137 Å². The van der Waals surface area contributed by atoms with Crippen LogP contribution < -0.4 is 11.1 Å². The highest BCUT2D eigenvalue weighted by Gasteiger charge is 2.23. The van der Waals surface area contributed by atoms with E-state index in [1.54, 1.807) is 30.3 Å². The van der Waals surface area contributed by atoms with Crippen molar-refractivity contribution in [3.05, 3.63) is 71.0 Å². The van der Waals surface area contributed by atoms with Crippen molar-refractivity contribution < 1.29 is 24.2 Å². The maximum absolute atomic E-state index is 13.4. The number of aliphatic hydroxyl groups is 2. The van der Waals surface area contributed by atoms with E-state index in [9.17, 15) is 24.2 Å².